The molecule has 0 amide bonds. The number of esters is 12. The molecule has 3 unspecified atom stereocenters. The van der Waals surface area contributed by atoms with Crippen molar-refractivity contribution in [3.8, 4) is 0 Å². The largest absolute Gasteiger partial charge is 0.462 e. The number of rotatable bonds is 56. The lowest BCUT2D eigenvalue weighted by Gasteiger charge is -2.25. The molecule has 0 aromatic carbocycles. The maximum absolute atomic E-state index is 11.6. The minimum Gasteiger partial charge on any atom is -0.462 e. The van der Waals surface area contributed by atoms with Crippen molar-refractivity contribution in [2.24, 2.45) is 27.1 Å². The van der Waals surface area contributed by atoms with Crippen LogP contribution in [0.4, 0.5) is 0 Å². The first-order chi connectivity index (χ1) is 64.8. The summed E-state index contributed by atoms with van der Waals surface area (Å²) >= 11 is 8.81. The molecule has 0 saturated heterocycles. The van der Waals surface area contributed by atoms with E-state index in [0.29, 0.717) is 160 Å². The van der Waals surface area contributed by atoms with Crippen molar-refractivity contribution < 1.29 is 114 Å². The zero-order valence-corrected chi connectivity index (χ0v) is 98.6. The van der Waals surface area contributed by atoms with E-state index in [4.69, 9.17) is 56.8 Å². The molecular weight excluding hydrogens is 1910 g/mol. The van der Waals surface area contributed by atoms with E-state index in [1.165, 1.54) is 0 Å². The van der Waals surface area contributed by atoms with Gasteiger partial charge in [0.15, 0.2) is 0 Å². The van der Waals surface area contributed by atoms with Gasteiger partial charge in [-0.25, -0.2) is 57.5 Å². The summed E-state index contributed by atoms with van der Waals surface area (Å²) in [4.78, 5) is 136. The predicted octanol–water partition coefficient (Wildman–Crippen LogP) is 21.8. The summed E-state index contributed by atoms with van der Waals surface area (Å²) in [6.45, 7) is 118. The second-order valence-electron chi connectivity index (χ2n) is 41.1. The van der Waals surface area contributed by atoms with Crippen LogP contribution in [0.15, 0.2) is 146 Å². The predicted molar refractivity (Wildman–Crippen MR) is 596 cm³/mol. The molecule has 0 saturated carbocycles. The molecule has 0 aliphatic heterocycles. The normalized spacial score (nSPS) is 11.4. The molecule has 3 atom stereocenters. The highest BCUT2D eigenvalue weighted by Crippen LogP contribution is 2.26. The van der Waals surface area contributed by atoms with Gasteiger partial charge in [-0.1, -0.05) is 224 Å². The summed E-state index contributed by atoms with van der Waals surface area (Å²) < 4.78 is 60.4. The fraction of sp³-hybridized carbons (Fsp3) is 0.670. The molecule has 0 rings (SSSR count). The van der Waals surface area contributed by atoms with Gasteiger partial charge in [0.1, 0.15) is 63.9 Å². The monoisotopic (exact) mass is 2100 g/mol. The number of hydrogen-bond acceptors (Lipinski definition) is 33. The van der Waals surface area contributed by atoms with Crippen LogP contribution < -0.4 is 16.0 Å². The zero-order valence-electron chi connectivity index (χ0n) is 94.5. The first-order valence-corrected chi connectivity index (χ1v) is 53.4. The van der Waals surface area contributed by atoms with Crippen LogP contribution in [-0.4, -0.2) is 262 Å². The van der Waals surface area contributed by atoms with E-state index in [9.17, 15) is 57.5 Å². The topological polar surface area (TPSA) is 355 Å². The Morgan fingerprint density at radius 3 is 0.859 bits per heavy atom. The minimum atomic E-state index is -0.546. The molecule has 142 heavy (non-hydrogen) atoms. The molecule has 0 aliphatic carbocycles. The highest BCUT2D eigenvalue weighted by Gasteiger charge is 2.24. The van der Waals surface area contributed by atoms with Crippen molar-refractivity contribution in [1.29, 1.82) is 0 Å². The molecule has 0 spiro atoms. The summed E-state index contributed by atoms with van der Waals surface area (Å²) in [5.74, 6) is 4.42. The second-order valence-corrected chi connectivity index (χ2v) is 46.3. The Hall–Kier alpha value is -7.89. The first-order valence-electron chi connectivity index (χ1n) is 47.7. The quantitative estimate of drug-likeness (QED) is 0.0167. The highest BCUT2D eigenvalue weighted by atomic mass is 32.2. The Labute approximate surface area is 880 Å². The molecule has 0 heterocycles. The summed E-state index contributed by atoms with van der Waals surface area (Å²) in [6.07, 6.45) is 0.693. The molecule has 0 aliphatic rings. The lowest BCUT2D eigenvalue weighted by atomic mass is 10.0. The SMILES string of the molecule is C=C(C)C(=O)OC(C)CSCC(C)(C)C.C=C(C)C(=O)OCC(CNC(C)C)OC(=O)C(=C)C.C=C(C)C(=O)OCC(CSCC(C)(C)C)OC(=O)C(=C)C.C=C(C)C(=O)OCCCNC(C)C.C=C(C)C(=O)OCCCSCC(C)(C)C.C=C(C)C(=O)OCCN(CCOC(=O)C(=C)C)C(C)C.C=C(C)C(=O)OCCNC(C)C.C=C(C)C(=O)OCCSCC(C)(C)C.C=C(C)C(=O)OCSCC(C)(C)C. The summed E-state index contributed by atoms with van der Waals surface area (Å²) in [5.41, 5.74) is 6.27. The highest BCUT2D eigenvalue weighted by molar-refractivity contribution is 8.00. The van der Waals surface area contributed by atoms with Crippen molar-refractivity contribution in [2.45, 2.75) is 305 Å². The average molecular weight is 2100 g/mol. The lowest BCUT2D eigenvalue weighted by molar-refractivity contribution is -0.153. The Balaban J connectivity index is -0.000000201. The number of carbonyl (C=O) groups is 12. The third kappa shape index (κ3) is 117. The zero-order chi connectivity index (χ0) is 113. The fourth-order valence-electron chi connectivity index (χ4n) is 7.89. The average Bonchev–Trinajstić information content (AvgIpc) is 0.920. The number of nitrogens with one attached hydrogen (secondary N) is 3. The maximum Gasteiger partial charge on any atom is 0.333 e. The number of nitrogens with zero attached hydrogens (tertiary/aromatic N) is 1. The molecule has 0 aromatic rings. The third-order valence-electron chi connectivity index (χ3n) is 15.3. The molecule has 0 bridgehead atoms. The van der Waals surface area contributed by atoms with Gasteiger partial charge < -0.3 is 72.8 Å². The van der Waals surface area contributed by atoms with Crippen LogP contribution in [0.25, 0.3) is 0 Å². The van der Waals surface area contributed by atoms with Gasteiger partial charge in [0, 0.05) is 140 Å². The van der Waals surface area contributed by atoms with Gasteiger partial charge in [-0.15, -0.1) is 11.8 Å². The summed E-state index contributed by atoms with van der Waals surface area (Å²) in [7, 11) is 0. The molecule has 28 nitrogen and oxygen atoms in total. The molecule has 822 valence electrons. The van der Waals surface area contributed by atoms with Crippen molar-refractivity contribution >= 4 is 130 Å². The van der Waals surface area contributed by atoms with Crippen LogP contribution in [0.3, 0.4) is 0 Å². The van der Waals surface area contributed by atoms with E-state index >= 15 is 0 Å². The van der Waals surface area contributed by atoms with Gasteiger partial charge >= 0.3 is 71.6 Å². The van der Waals surface area contributed by atoms with Gasteiger partial charge in [0.25, 0.3) is 0 Å². The molecule has 0 fully saturated rings. The number of ether oxygens (including phenoxy) is 12. The van der Waals surface area contributed by atoms with Crippen molar-refractivity contribution in [3.63, 3.8) is 0 Å². The fourth-order valence-corrected chi connectivity index (χ4v) is 13.1. The van der Waals surface area contributed by atoms with Crippen molar-refractivity contribution in [3.05, 3.63) is 146 Å². The van der Waals surface area contributed by atoms with E-state index < -0.39 is 36.1 Å². The van der Waals surface area contributed by atoms with Crippen LogP contribution in [0, 0.1) is 27.1 Å². The second kappa shape index (κ2) is 87.3. The molecule has 0 aromatic heterocycles. The van der Waals surface area contributed by atoms with Crippen LogP contribution in [0.1, 0.15) is 262 Å². The Kier molecular flexibility index (Phi) is 93.4. The molecule has 3 N–H and O–H groups in total. The Morgan fingerprint density at radius 1 is 0.268 bits per heavy atom. The van der Waals surface area contributed by atoms with Crippen molar-refractivity contribution in [2.75, 3.05) is 143 Å². The third-order valence-corrected chi connectivity index (χ3v) is 23.3. The summed E-state index contributed by atoms with van der Waals surface area (Å²) in [6, 6.07) is 1.41. The van der Waals surface area contributed by atoms with Gasteiger partial charge in [-0.2, -0.15) is 47.0 Å². The van der Waals surface area contributed by atoms with Crippen LogP contribution in [0.2, 0.25) is 0 Å². The van der Waals surface area contributed by atoms with E-state index in [1.54, 1.807) is 107 Å². The van der Waals surface area contributed by atoms with Gasteiger partial charge in [0.2, 0.25) is 0 Å². The minimum absolute atomic E-state index is 0.00949. The Morgan fingerprint density at radius 2 is 0.528 bits per heavy atom. The molecular formula is C109H192N4O24S5. The van der Waals surface area contributed by atoms with E-state index in [1.807, 2.05) is 83.8 Å². The molecule has 0 radical (unpaired) electrons. The van der Waals surface area contributed by atoms with Crippen molar-refractivity contribution in [1.82, 2.24) is 20.9 Å². The van der Waals surface area contributed by atoms with Gasteiger partial charge in [-0.05, 0) is 179 Å². The Bertz CT molecular complexity index is 3820. The number of carbonyl (C=O) groups excluding carboxylic acids is 12. The number of hydrogen-bond donors (Lipinski definition) is 3. The standard InChI is InChI=1S/C16H26O4S.C15H25NO4.C14H23NO4.2C12H22O2S.C11H20O2S.C10H19NO2.C10H18O2S.C9H17NO2/c1-11(2)14(17)19-8-13(20-15(18)12(3)4)9-21-10-16(5,6)7;1-11(2)14(17)19-9-7-16(13(5)6)8-10-20-15(18)12(3)4;1-9(2)13(16)18-8-12(7-15-11(5)6)19-14(17)10(3)4;1-9(2)11(13)14-10(3)7-15-8-12(4,5)6;1-10(2)11(13)14-7-6-8-15-9-12(3,4)5;1-9(2)10(12)13-6-7-14-8-11(3,4)5;1-8(2)10(12)13-7-5-6-11-9(3)4;1-8(2)9(11)12-7-13-6-10(3,4)5;1-7(2)9(11)12-6-5-10-8(3)4/h13H,1,3,8-10H2,2,4-7H3;13H,1,3,7-10H2,2,4-6H3;11-12,15H,1,3,7-8H2,2,4-6H3;10H,1,7-8H2,2-6H3;1,6-9H2,2-5H3;1,6-8H2,2-5H3;9,11H,1,5-7H2,2-4H3;1,6-7H2,2-5H3;8,10H,1,5-6H2,2-4H3. The van der Waals surface area contributed by atoms with Gasteiger partial charge in [0.05, 0.1) is 13.2 Å². The van der Waals surface area contributed by atoms with Gasteiger partial charge in [-0.3, -0.25) is 4.90 Å². The van der Waals surface area contributed by atoms with Crippen LogP contribution in [0.5, 0.6) is 0 Å². The summed E-state index contributed by atoms with van der Waals surface area (Å²) in [5, 5.41) is 9.49. The maximum atomic E-state index is 11.6. The first kappa shape index (κ1) is 152. The van der Waals surface area contributed by atoms with Crippen LogP contribution in [-0.2, 0) is 114 Å². The van der Waals surface area contributed by atoms with E-state index in [2.05, 4.69) is 218 Å². The smallest absolute Gasteiger partial charge is 0.333 e. The lowest BCUT2D eigenvalue weighted by Crippen LogP contribution is -2.38. The molecule has 33 heteroatoms. The van der Waals surface area contributed by atoms with E-state index in [-0.39, 0.29) is 103 Å². The number of thioether (sulfide) groups is 5. The van der Waals surface area contributed by atoms with Crippen LogP contribution >= 0.6 is 58.8 Å². The van der Waals surface area contributed by atoms with E-state index in [0.717, 1.165) is 65.4 Å².